The molecule has 0 spiro atoms. The second-order valence-electron chi connectivity index (χ2n) is 5.35. The topological polar surface area (TPSA) is 54.7 Å². The first-order valence-electron chi connectivity index (χ1n) is 6.91. The van der Waals surface area contributed by atoms with Crippen molar-refractivity contribution in [3.05, 3.63) is 40.8 Å². The Hall–Kier alpha value is -1.61. The molecule has 1 heterocycles. The first-order chi connectivity index (χ1) is 9.02. The third-order valence-electron chi connectivity index (χ3n) is 3.49. The van der Waals surface area contributed by atoms with E-state index in [0.717, 1.165) is 24.4 Å². The molecular formula is C16H23N3. The normalized spacial score (nSPS) is 12.7. The van der Waals surface area contributed by atoms with Crippen LogP contribution in [0, 0.1) is 20.8 Å². The van der Waals surface area contributed by atoms with Crippen LogP contribution >= 0.6 is 0 Å². The van der Waals surface area contributed by atoms with E-state index in [1.807, 2.05) is 6.20 Å². The smallest absolute Gasteiger partial charge is 0.123 e. The Balaban J connectivity index is 2.38. The number of rotatable bonds is 4. The molecule has 0 fully saturated rings. The number of H-pyrrole nitrogens is 1. The molecule has 0 saturated carbocycles. The number of hydrogen-bond donors (Lipinski definition) is 2. The summed E-state index contributed by atoms with van der Waals surface area (Å²) in [6.45, 7) is 8.54. The van der Waals surface area contributed by atoms with Gasteiger partial charge in [-0.05, 0) is 38.3 Å². The van der Waals surface area contributed by atoms with E-state index in [4.69, 9.17) is 5.73 Å². The van der Waals surface area contributed by atoms with Crippen molar-refractivity contribution in [2.75, 3.05) is 0 Å². The zero-order chi connectivity index (χ0) is 14.0. The van der Waals surface area contributed by atoms with Crippen LogP contribution in [0.5, 0.6) is 0 Å². The molecule has 102 valence electrons. The van der Waals surface area contributed by atoms with Crippen molar-refractivity contribution in [2.45, 2.75) is 46.6 Å². The van der Waals surface area contributed by atoms with Crippen molar-refractivity contribution in [1.82, 2.24) is 9.97 Å². The van der Waals surface area contributed by atoms with E-state index in [-0.39, 0.29) is 6.04 Å². The maximum absolute atomic E-state index is 6.10. The van der Waals surface area contributed by atoms with Crippen molar-refractivity contribution < 1.29 is 0 Å². The number of benzene rings is 1. The number of aromatic nitrogens is 2. The van der Waals surface area contributed by atoms with Gasteiger partial charge in [0, 0.05) is 5.56 Å². The van der Waals surface area contributed by atoms with Gasteiger partial charge >= 0.3 is 0 Å². The Morgan fingerprint density at radius 2 is 1.84 bits per heavy atom. The second-order valence-corrected chi connectivity index (χ2v) is 5.35. The van der Waals surface area contributed by atoms with Gasteiger partial charge in [-0.25, -0.2) is 4.98 Å². The van der Waals surface area contributed by atoms with Gasteiger partial charge < -0.3 is 10.7 Å². The van der Waals surface area contributed by atoms with E-state index < -0.39 is 0 Å². The number of imidazole rings is 1. The van der Waals surface area contributed by atoms with Crippen LogP contribution < -0.4 is 5.73 Å². The molecule has 3 N–H and O–H groups in total. The van der Waals surface area contributed by atoms with Crippen LogP contribution in [-0.2, 0) is 0 Å². The Labute approximate surface area is 115 Å². The van der Waals surface area contributed by atoms with Crippen LogP contribution in [0.1, 0.15) is 48.3 Å². The monoisotopic (exact) mass is 257 g/mol. The lowest BCUT2D eigenvalue weighted by atomic mass is 9.98. The molecule has 0 aliphatic rings. The van der Waals surface area contributed by atoms with Crippen molar-refractivity contribution >= 4 is 0 Å². The third kappa shape index (κ3) is 2.87. The Morgan fingerprint density at radius 3 is 2.42 bits per heavy atom. The minimum Gasteiger partial charge on any atom is -0.341 e. The van der Waals surface area contributed by atoms with E-state index in [1.165, 1.54) is 22.3 Å². The number of aromatic amines is 1. The fourth-order valence-corrected chi connectivity index (χ4v) is 2.70. The largest absolute Gasteiger partial charge is 0.341 e. The number of nitrogens with zero attached hydrogens (tertiary/aromatic N) is 1. The Morgan fingerprint density at radius 1 is 1.21 bits per heavy atom. The molecule has 2 rings (SSSR count). The highest BCUT2D eigenvalue weighted by atomic mass is 15.0. The maximum Gasteiger partial charge on any atom is 0.123 e. The lowest BCUT2D eigenvalue weighted by Gasteiger charge is -2.10. The van der Waals surface area contributed by atoms with Gasteiger partial charge in [-0.15, -0.1) is 0 Å². The van der Waals surface area contributed by atoms with Crippen molar-refractivity contribution in [3.8, 4) is 11.3 Å². The van der Waals surface area contributed by atoms with Gasteiger partial charge in [-0.3, -0.25) is 0 Å². The highest BCUT2D eigenvalue weighted by Gasteiger charge is 2.13. The number of nitrogens with one attached hydrogen (secondary N) is 1. The fraction of sp³-hybridized carbons (Fsp3) is 0.438. The molecule has 0 amide bonds. The summed E-state index contributed by atoms with van der Waals surface area (Å²) in [5, 5.41) is 0. The van der Waals surface area contributed by atoms with E-state index in [0.29, 0.717) is 0 Å². The molecule has 0 aliphatic heterocycles. The number of nitrogens with two attached hydrogens (primary N) is 1. The van der Waals surface area contributed by atoms with Gasteiger partial charge in [0.1, 0.15) is 5.82 Å². The van der Waals surface area contributed by atoms with E-state index >= 15 is 0 Å². The van der Waals surface area contributed by atoms with Crippen LogP contribution in [0.3, 0.4) is 0 Å². The second kappa shape index (κ2) is 5.57. The van der Waals surface area contributed by atoms with Gasteiger partial charge in [0.05, 0.1) is 17.9 Å². The first-order valence-corrected chi connectivity index (χ1v) is 6.91. The number of hydrogen-bond acceptors (Lipinski definition) is 2. The predicted molar refractivity (Wildman–Crippen MR) is 80.1 cm³/mol. The predicted octanol–water partition coefficient (Wildman–Crippen LogP) is 3.80. The summed E-state index contributed by atoms with van der Waals surface area (Å²) in [7, 11) is 0. The fourth-order valence-electron chi connectivity index (χ4n) is 2.70. The molecule has 1 aromatic heterocycles. The van der Waals surface area contributed by atoms with Gasteiger partial charge in [0.25, 0.3) is 0 Å². The lowest BCUT2D eigenvalue weighted by Crippen LogP contribution is -2.11. The summed E-state index contributed by atoms with van der Waals surface area (Å²) in [5.74, 6) is 0.885. The summed E-state index contributed by atoms with van der Waals surface area (Å²) < 4.78 is 0. The molecule has 0 saturated heterocycles. The molecule has 0 bridgehead atoms. The Bertz CT molecular complexity index is 546. The molecule has 1 unspecified atom stereocenters. The summed E-state index contributed by atoms with van der Waals surface area (Å²) in [4.78, 5) is 7.81. The van der Waals surface area contributed by atoms with Crippen LogP contribution in [0.4, 0.5) is 0 Å². The highest BCUT2D eigenvalue weighted by Crippen LogP contribution is 2.28. The average molecular weight is 257 g/mol. The maximum atomic E-state index is 6.10. The van der Waals surface area contributed by atoms with Crippen LogP contribution in [-0.4, -0.2) is 9.97 Å². The lowest BCUT2D eigenvalue weighted by molar-refractivity contribution is 0.609. The van der Waals surface area contributed by atoms with Crippen molar-refractivity contribution in [2.24, 2.45) is 5.73 Å². The zero-order valence-electron chi connectivity index (χ0n) is 12.2. The molecule has 0 radical (unpaired) electrons. The molecule has 3 heteroatoms. The van der Waals surface area contributed by atoms with Gasteiger partial charge in [-0.1, -0.05) is 31.0 Å². The average Bonchev–Trinajstić information content (AvgIpc) is 2.77. The highest BCUT2D eigenvalue weighted by molar-refractivity contribution is 5.67. The molecule has 3 nitrogen and oxygen atoms in total. The van der Waals surface area contributed by atoms with Gasteiger partial charge in [0.15, 0.2) is 0 Å². The minimum absolute atomic E-state index is 0.00445. The van der Waals surface area contributed by atoms with Crippen LogP contribution in [0.25, 0.3) is 11.3 Å². The van der Waals surface area contributed by atoms with Crippen molar-refractivity contribution in [3.63, 3.8) is 0 Å². The molecule has 2 aromatic rings. The van der Waals surface area contributed by atoms with E-state index in [2.05, 4.69) is 49.8 Å². The first kappa shape index (κ1) is 13.8. The molecular weight excluding hydrogens is 234 g/mol. The molecule has 0 aliphatic carbocycles. The third-order valence-corrected chi connectivity index (χ3v) is 3.49. The summed E-state index contributed by atoms with van der Waals surface area (Å²) in [6, 6.07) is 4.41. The minimum atomic E-state index is 0.00445. The molecule has 19 heavy (non-hydrogen) atoms. The Kier molecular flexibility index (Phi) is 4.05. The van der Waals surface area contributed by atoms with Crippen molar-refractivity contribution in [1.29, 1.82) is 0 Å². The summed E-state index contributed by atoms with van der Waals surface area (Å²) in [5.41, 5.74) is 12.3. The van der Waals surface area contributed by atoms with Crippen LogP contribution in [0.15, 0.2) is 18.3 Å². The molecule has 1 atom stereocenters. The van der Waals surface area contributed by atoms with Gasteiger partial charge in [-0.2, -0.15) is 0 Å². The standard InChI is InChI=1S/C16H23N3/c1-5-6-13(17)16-18-9-14(19-16)15-11(3)7-10(2)8-12(15)4/h7-9,13H,5-6,17H2,1-4H3,(H,18,19). The quantitative estimate of drug-likeness (QED) is 0.875. The molecule has 1 aromatic carbocycles. The number of aryl methyl sites for hydroxylation is 3. The van der Waals surface area contributed by atoms with E-state index in [1.54, 1.807) is 0 Å². The summed E-state index contributed by atoms with van der Waals surface area (Å²) in [6.07, 6.45) is 3.92. The summed E-state index contributed by atoms with van der Waals surface area (Å²) >= 11 is 0. The van der Waals surface area contributed by atoms with Crippen LogP contribution in [0.2, 0.25) is 0 Å². The SMILES string of the molecule is CCCC(N)c1ncc(-c2c(C)cc(C)cc2C)[nH]1. The van der Waals surface area contributed by atoms with Gasteiger partial charge in [0.2, 0.25) is 0 Å². The van der Waals surface area contributed by atoms with E-state index in [9.17, 15) is 0 Å². The zero-order valence-corrected chi connectivity index (χ0v) is 12.2.